The molecule has 0 atom stereocenters. The van der Waals surface area contributed by atoms with Crippen LogP contribution in [0.4, 0.5) is 5.69 Å². The number of anilines is 1. The number of hydrogen-bond donors (Lipinski definition) is 3. The number of nitrogens with two attached hydrogens (primary N) is 1. The minimum Gasteiger partial charge on any atom is -0.383 e. The van der Waals surface area contributed by atoms with Gasteiger partial charge >= 0.3 is 0 Å². The normalized spacial score (nSPS) is 11.1. The van der Waals surface area contributed by atoms with E-state index in [0.29, 0.717) is 25.1 Å². The predicted octanol–water partition coefficient (Wildman–Crippen LogP) is 1.52. The molecule has 1 heterocycles. The van der Waals surface area contributed by atoms with E-state index in [1.165, 1.54) is 18.3 Å². The predicted molar refractivity (Wildman–Crippen MR) is 96.9 cm³/mol. The van der Waals surface area contributed by atoms with Gasteiger partial charge in [0, 0.05) is 25.5 Å². The van der Waals surface area contributed by atoms with Crippen molar-refractivity contribution in [3.05, 3.63) is 53.9 Å². The van der Waals surface area contributed by atoms with Gasteiger partial charge in [0.1, 0.15) is 0 Å². The Morgan fingerprint density at radius 2 is 1.88 bits per heavy atom. The van der Waals surface area contributed by atoms with Crippen LogP contribution in [0.1, 0.15) is 29.3 Å². The number of hydrogen-bond acceptors (Lipinski definition) is 5. The Balaban J connectivity index is 1.90. The molecule has 0 aliphatic rings. The van der Waals surface area contributed by atoms with Crippen molar-refractivity contribution in [2.75, 3.05) is 18.4 Å². The lowest BCUT2D eigenvalue weighted by molar-refractivity contribution is 0.0953. The van der Waals surface area contributed by atoms with Crippen LogP contribution < -0.4 is 15.8 Å². The third-order valence-electron chi connectivity index (χ3n) is 3.53. The maximum atomic E-state index is 11.9. The zero-order chi connectivity index (χ0) is 18.3. The van der Waals surface area contributed by atoms with E-state index < -0.39 is 10.0 Å². The lowest BCUT2D eigenvalue weighted by Gasteiger charge is -2.09. The van der Waals surface area contributed by atoms with Gasteiger partial charge in [0.25, 0.3) is 5.91 Å². The SMILES string of the molecule is CCCNC(=O)c1cncc(NCCc2ccc(S(N)(=O)=O)cc2)c1. The second kappa shape index (κ2) is 8.59. The fraction of sp³-hybridized carbons (Fsp3) is 0.294. The number of sulfonamides is 1. The Bertz CT molecular complexity index is 820. The quantitative estimate of drug-likeness (QED) is 0.659. The van der Waals surface area contributed by atoms with Gasteiger partial charge in [-0.25, -0.2) is 13.6 Å². The number of rotatable bonds is 8. The number of primary sulfonamides is 1. The maximum Gasteiger partial charge on any atom is 0.252 e. The van der Waals surface area contributed by atoms with Crippen molar-refractivity contribution in [2.45, 2.75) is 24.7 Å². The Morgan fingerprint density at radius 1 is 1.16 bits per heavy atom. The molecule has 0 bridgehead atoms. The van der Waals surface area contributed by atoms with E-state index in [0.717, 1.165) is 17.7 Å². The van der Waals surface area contributed by atoms with Crippen molar-refractivity contribution >= 4 is 21.6 Å². The molecule has 4 N–H and O–H groups in total. The second-order valence-electron chi connectivity index (χ2n) is 5.58. The number of aromatic nitrogens is 1. The third kappa shape index (κ3) is 5.84. The van der Waals surface area contributed by atoms with Gasteiger partial charge in [-0.1, -0.05) is 19.1 Å². The highest BCUT2D eigenvalue weighted by atomic mass is 32.2. The molecule has 0 unspecified atom stereocenters. The molecule has 1 aromatic carbocycles. The average molecular weight is 362 g/mol. The van der Waals surface area contributed by atoms with Crippen molar-refractivity contribution in [1.82, 2.24) is 10.3 Å². The number of carbonyl (C=O) groups excluding carboxylic acids is 1. The Labute approximate surface area is 147 Å². The van der Waals surface area contributed by atoms with E-state index in [4.69, 9.17) is 5.14 Å². The zero-order valence-electron chi connectivity index (χ0n) is 14.0. The molecule has 2 aromatic rings. The van der Waals surface area contributed by atoms with E-state index >= 15 is 0 Å². The van der Waals surface area contributed by atoms with Crippen LogP contribution in [0.2, 0.25) is 0 Å². The monoisotopic (exact) mass is 362 g/mol. The topological polar surface area (TPSA) is 114 Å². The summed E-state index contributed by atoms with van der Waals surface area (Å²) in [5.41, 5.74) is 2.24. The summed E-state index contributed by atoms with van der Waals surface area (Å²) in [6.07, 6.45) is 4.75. The molecule has 7 nitrogen and oxygen atoms in total. The number of carbonyl (C=O) groups is 1. The molecule has 1 aromatic heterocycles. The lowest BCUT2D eigenvalue weighted by Crippen LogP contribution is -2.24. The Kier molecular flexibility index (Phi) is 6.49. The minimum absolute atomic E-state index is 0.0965. The van der Waals surface area contributed by atoms with E-state index in [1.54, 1.807) is 24.4 Å². The van der Waals surface area contributed by atoms with Gasteiger partial charge < -0.3 is 10.6 Å². The first-order valence-electron chi connectivity index (χ1n) is 7.99. The highest BCUT2D eigenvalue weighted by molar-refractivity contribution is 7.89. The summed E-state index contributed by atoms with van der Waals surface area (Å²) in [6.45, 7) is 3.24. The minimum atomic E-state index is -3.66. The van der Waals surface area contributed by atoms with Crippen LogP contribution in [0.5, 0.6) is 0 Å². The molecule has 1 amide bonds. The molecular formula is C17H22N4O3S. The molecule has 0 aliphatic carbocycles. The van der Waals surface area contributed by atoms with E-state index in [2.05, 4.69) is 15.6 Å². The van der Waals surface area contributed by atoms with Crippen molar-refractivity contribution in [3.63, 3.8) is 0 Å². The molecule has 2 rings (SSSR count). The molecular weight excluding hydrogens is 340 g/mol. The standard InChI is InChI=1S/C17H22N4O3S/c1-2-8-21-17(22)14-10-15(12-19-11-14)20-9-7-13-3-5-16(6-4-13)25(18,23)24/h3-6,10-12,20H,2,7-9H2,1H3,(H,21,22)(H2,18,23,24). The second-order valence-corrected chi connectivity index (χ2v) is 7.15. The summed E-state index contributed by atoms with van der Waals surface area (Å²) in [6, 6.07) is 8.19. The summed E-state index contributed by atoms with van der Waals surface area (Å²) in [7, 11) is -3.66. The van der Waals surface area contributed by atoms with Crippen LogP contribution in [-0.4, -0.2) is 32.4 Å². The molecule has 0 spiro atoms. The molecule has 0 saturated heterocycles. The van der Waals surface area contributed by atoms with Crippen molar-refractivity contribution in [2.24, 2.45) is 5.14 Å². The number of pyridine rings is 1. The first-order chi connectivity index (χ1) is 11.9. The zero-order valence-corrected chi connectivity index (χ0v) is 14.8. The molecule has 134 valence electrons. The molecule has 0 aliphatic heterocycles. The van der Waals surface area contributed by atoms with Gasteiger partial charge in [-0.3, -0.25) is 9.78 Å². The summed E-state index contributed by atoms with van der Waals surface area (Å²) in [5, 5.41) is 11.1. The van der Waals surface area contributed by atoms with Crippen LogP contribution in [0.3, 0.4) is 0 Å². The van der Waals surface area contributed by atoms with Gasteiger partial charge in [0.2, 0.25) is 10.0 Å². The fourth-order valence-corrected chi connectivity index (χ4v) is 2.71. The highest BCUT2D eigenvalue weighted by Gasteiger charge is 2.07. The van der Waals surface area contributed by atoms with Gasteiger partial charge in [-0.05, 0) is 36.6 Å². The molecule has 0 fully saturated rings. The summed E-state index contributed by atoms with van der Waals surface area (Å²) < 4.78 is 22.4. The average Bonchev–Trinajstić information content (AvgIpc) is 2.59. The number of amides is 1. The largest absolute Gasteiger partial charge is 0.383 e. The van der Waals surface area contributed by atoms with Gasteiger partial charge in [0.05, 0.1) is 16.1 Å². The van der Waals surface area contributed by atoms with Gasteiger partial charge in [0.15, 0.2) is 0 Å². The third-order valence-corrected chi connectivity index (χ3v) is 4.46. The Hall–Kier alpha value is -2.45. The lowest BCUT2D eigenvalue weighted by atomic mass is 10.1. The van der Waals surface area contributed by atoms with Crippen LogP contribution in [0.15, 0.2) is 47.6 Å². The van der Waals surface area contributed by atoms with Gasteiger partial charge in [-0.2, -0.15) is 0 Å². The van der Waals surface area contributed by atoms with Crippen LogP contribution in [0.25, 0.3) is 0 Å². The van der Waals surface area contributed by atoms with E-state index in [9.17, 15) is 13.2 Å². The highest BCUT2D eigenvalue weighted by Crippen LogP contribution is 2.11. The number of benzene rings is 1. The van der Waals surface area contributed by atoms with Crippen molar-refractivity contribution < 1.29 is 13.2 Å². The fourth-order valence-electron chi connectivity index (χ4n) is 2.20. The molecule has 0 saturated carbocycles. The van der Waals surface area contributed by atoms with E-state index in [-0.39, 0.29) is 10.8 Å². The first kappa shape index (κ1) is 18.9. The van der Waals surface area contributed by atoms with Crippen molar-refractivity contribution in [1.29, 1.82) is 0 Å². The van der Waals surface area contributed by atoms with Crippen LogP contribution >= 0.6 is 0 Å². The first-order valence-corrected chi connectivity index (χ1v) is 9.53. The number of nitrogens with zero attached hydrogens (tertiary/aromatic N) is 1. The molecule has 25 heavy (non-hydrogen) atoms. The number of nitrogens with one attached hydrogen (secondary N) is 2. The molecule has 8 heteroatoms. The molecule has 0 radical (unpaired) electrons. The van der Waals surface area contributed by atoms with Crippen LogP contribution in [-0.2, 0) is 16.4 Å². The van der Waals surface area contributed by atoms with E-state index in [1.807, 2.05) is 6.92 Å². The van der Waals surface area contributed by atoms with Crippen LogP contribution in [0, 0.1) is 0 Å². The Morgan fingerprint density at radius 3 is 2.52 bits per heavy atom. The summed E-state index contributed by atoms with van der Waals surface area (Å²) in [5.74, 6) is -0.142. The summed E-state index contributed by atoms with van der Waals surface area (Å²) in [4.78, 5) is 16.1. The van der Waals surface area contributed by atoms with Crippen molar-refractivity contribution in [3.8, 4) is 0 Å². The maximum absolute atomic E-state index is 11.9. The summed E-state index contributed by atoms with van der Waals surface area (Å²) >= 11 is 0. The smallest absolute Gasteiger partial charge is 0.252 e. The van der Waals surface area contributed by atoms with Gasteiger partial charge in [-0.15, -0.1) is 0 Å².